The highest BCUT2D eigenvalue weighted by atomic mass is 15.2. The van der Waals surface area contributed by atoms with Crippen LogP contribution in [0.5, 0.6) is 0 Å². The number of fused-ring (bicyclic) bond motifs is 1. The molecule has 0 fully saturated rings. The number of nitrogens with zero attached hydrogens (tertiary/aromatic N) is 4. The molecule has 0 saturated carbocycles. The second-order valence-corrected chi connectivity index (χ2v) is 5.10. The fourth-order valence-corrected chi connectivity index (χ4v) is 2.63. The summed E-state index contributed by atoms with van der Waals surface area (Å²) in [4.78, 5) is 4.47. The third kappa shape index (κ3) is 2.10. The van der Waals surface area contributed by atoms with Crippen molar-refractivity contribution in [3.8, 4) is 0 Å². The molecule has 0 saturated heterocycles. The third-order valence-corrected chi connectivity index (χ3v) is 3.72. The van der Waals surface area contributed by atoms with Gasteiger partial charge in [-0.2, -0.15) is 5.10 Å². The van der Waals surface area contributed by atoms with E-state index in [1.54, 1.807) is 0 Å². The van der Waals surface area contributed by atoms with E-state index in [1.807, 2.05) is 48.6 Å². The summed E-state index contributed by atoms with van der Waals surface area (Å²) >= 11 is 0. The van der Waals surface area contributed by atoms with E-state index in [0.29, 0.717) is 0 Å². The van der Waals surface area contributed by atoms with Crippen molar-refractivity contribution in [3.05, 3.63) is 48.5 Å². The van der Waals surface area contributed by atoms with Crippen LogP contribution in [0.4, 0.5) is 0 Å². The first-order chi connectivity index (χ1) is 9.70. The summed E-state index contributed by atoms with van der Waals surface area (Å²) in [5, 5.41) is 4.27. The third-order valence-electron chi connectivity index (χ3n) is 3.72. The van der Waals surface area contributed by atoms with Gasteiger partial charge in [-0.05, 0) is 18.6 Å². The Labute approximate surface area is 118 Å². The van der Waals surface area contributed by atoms with Gasteiger partial charge >= 0.3 is 0 Å². The minimum atomic E-state index is 0.0248. The summed E-state index contributed by atoms with van der Waals surface area (Å²) in [7, 11) is 1.92. The molecule has 0 bridgehead atoms. The lowest BCUT2D eigenvalue weighted by atomic mass is 10.0. The number of aryl methyl sites for hydroxylation is 1. The van der Waals surface area contributed by atoms with Gasteiger partial charge in [0.05, 0.1) is 29.6 Å². The van der Waals surface area contributed by atoms with Crippen LogP contribution in [0.25, 0.3) is 11.0 Å². The maximum atomic E-state index is 6.36. The maximum Gasteiger partial charge on any atom is 0.0964 e. The highest BCUT2D eigenvalue weighted by Crippen LogP contribution is 2.26. The molecule has 0 aliphatic rings. The summed E-state index contributed by atoms with van der Waals surface area (Å²) < 4.78 is 3.96. The van der Waals surface area contributed by atoms with Crippen LogP contribution in [0.3, 0.4) is 0 Å². The van der Waals surface area contributed by atoms with Gasteiger partial charge in [-0.3, -0.25) is 4.68 Å². The van der Waals surface area contributed by atoms with Crippen molar-refractivity contribution >= 4 is 11.0 Å². The van der Waals surface area contributed by atoms with E-state index in [-0.39, 0.29) is 12.1 Å². The normalized spacial score (nSPS) is 14.6. The van der Waals surface area contributed by atoms with Crippen LogP contribution in [0.2, 0.25) is 0 Å². The molecule has 3 rings (SSSR count). The monoisotopic (exact) mass is 269 g/mol. The van der Waals surface area contributed by atoms with Gasteiger partial charge in [0.15, 0.2) is 0 Å². The molecule has 104 valence electrons. The number of rotatable bonds is 4. The number of benzene rings is 1. The molecule has 2 heterocycles. The van der Waals surface area contributed by atoms with Crippen molar-refractivity contribution in [2.75, 3.05) is 0 Å². The van der Waals surface area contributed by atoms with Gasteiger partial charge in [0, 0.05) is 24.8 Å². The van der Waals surface area contributed by atoms with Gasteiger partial charge in [-0.15, -0.1) is 0 Å². The molecule has 5 nitrogen and oxygen atoms in total. The Kier molecular flexibility index (Phi) is 3.28. The van der Waals surface area contributed by atoms with Gasteiger partial charge in [0.1, 0.15) is 0 Å². The Balaban J connectivity index is 2.14. The van der Waals surface area contributed by atoms with E-state index in [1.165, 1.54) is 0 Å². The molecular weight excluding hydrogens is 250 g/mol. The van der Waals surface area contributed by atoms with Crippen LogP contribution >= 0.6 is 0 Å². The topological polar surface area (TPSA) is 61.7 Å². The van der Waals surface area contributed by atoms with Crippen LogP contribution in [-0.4, -0.2) is 25.4 Å². The summed E-state index contributed by atoms with van der Waals surface area (Å²) in [5.41, 5.74) is 9.56. The number of para-hydroxylation sites is 2. The fraction of sp³-hybridized carbons (Fsp3) is 0.333. The van der Waals surface area contributed by atoms with Crippen LogP contribution in [0.15, 0.2) is 43.0 Å². The van der Waals surface area contributed by atoms with Crippen molar-refractivity contribution in [1.82, 2.24) is 19.3 Å². The van der Waals surface area contributed by atoms with Crippen molar-refractivity contribution in [3.63, 3.8) is 0 Å². The molecule has 2 aromatic heterocycles. The van der Waals surface area contributed by atoms with Crippen molar-refractivity contribution in [2.24, 2.45) is 12.8 Å². The predicted octanol–water partition coefficient (Wildman–Crippen LogP) is 2.10. The smallest absolute Gasteiger partial charge is 0.0964 e. The Morgan fingerprint density at radius 3 is 2.80 bits per heavy atom. The zero-order valence-corrected chi connectivity index (χ0v) is 11.8. The highest BCUT2D eigenvalue weighted by Gasteiger charge is 2.23. The largest absolute Gasteiger partial charge is 0.326 e. The molecular formula is C15H19N5. The number of nitrogens with two attached hydrogens (primary N) is 1. The molecule has 0 radical (unpaired) electrons. The molecule has 5 heteroatoms. The van der Waals surface area contributed by atoms with Gasteiger partial charge in [-0.1, -0.05) is 19.1 Å². The Bertz CT molecular complexity index is 712. The average molecular weight is 269 g/mol. The molecule has 0 aliphatic carbocycles. The average Bonchev–Trinajstić information content (AvgIpc) is 3.07. The van der Waals surface area contributed by atoms with E-state index in [2.05, 4.69) is 27.6 Å². The minimum Gasteiger partial charge on any atom is -0.326 e. The molecule has 3 aromatic rings. The zero-order chi connectivity index (χ0) is 14.1. The number of hydrogen-bond donors (Lipinski definition) is 1. The Morgan fingerprint density at radius 2 is 2.10 bits per heavy atom. The highest BCUT2D eigenvalue weighted by molar-refractivity contribution is 5.75. The van der Waals surface area contributed by atoms with E-state index in [0.717, 1.165) is 23.0 Å². The first-order valence-electron chi connectivity index (χ1n) is 6.86. The molecule has 0 aliphatic heterocycles. The minimum absolute atomic E-state index is 0.0248. The second-order valence-electron chi connectivity index (χ2n) is 5.10. The fourth-order valence-electron chi connectivity index (χ4n) is 2.63. The molecule has 2 N–H and O–H groups in total. The molecule has 0 amide bonds. The summed E-state index contributed by atoms with van der Waals surface area (Å²) in [5.74, 6) is 0. The second kappa shape index (κ2) is 5.09. The summed E-state index contributed by atoms with van der Waals surface area (Å²) in [6.45, 7) is 2.10. The summed E-state index contributed by atoms with van der Waals surface area (Å²) in [6, 6.07) is 8.20. The molecule has 2 unspecified atom stereocenters. The number of imidazole rings is 1. The van der Waals surface area contributed by atoms with Gasteiger partial charge in [0.2, 0.25) is 0 Å². The van der Waals surface area contributed by atoms with Crippen LogP contribution in [-0.2, 0) is 7.05 Å². The SMILES string of the molecule is CCC(N)C(c1cnn(C)c1)n1cnc2ccccc21. The lowest BCUT2D eigenvalue weighted by Gasteiger charge is -2.24. The standard InChI is InChI=1S/C15H19N5/c1-3-12(16)15(11-8-18-19(2)9-11)20-10-17-13-6-4-5-7-14(13)20/h4-10,12,15H,3,16H2,1-2H3. The lowest BCUT2D eigenvalue weighted by molar-refractivity contribution is 0.467. The van der Waals surface area contributed by atoms with Gasteiger partial charge < -0.3 is 10.3 Å². The van der Waals surface area contributed by atoms with Gasteiger partial charge in [0.25, 0.3) is 0 Å². The van der Waals surface area contributed by atoms with E-state index in [9.17, 15) is 0 Å². The number of hydrogen-bond acceptors (Lipinski definition) is 3. The maximum absolute atomic E-state index is 6.36. The Hall–Kier alpha value is -2.14. The van der Waals surface area contributed by atoms with Crippen molar-refractivity contribution in [1.29, 1.82) is 0 Å². The van der Waals surface area contributed by atoms with Crippen molar-refractivity contribution < 1.29 is 0 Å². The van der Waals surface area contributed by atoms with Crippen molar-refractivity contribution in [2.45, 2.75) is 25.4 Å². The summed E-state index contributed by atoms with van der Waals surface area (Å²) in [6.07, 6.45) is 6.67. The molecule has 20 heavy (non-hydrogen) atoms. The van der Waals surface area contributed by atoms with E-state index >= 15 is 0 Å². The van der Waals surface area contributed by atoms with Crippen LogP contribution < -0.4 is 5.73 Å². The van der Waals surface area contributed by atoms with E-state index in [4.69, 9.17) is 5.73 Å². The van der Waals surface area contributed by atoms with Crippen LogP contribution in [0.1, 0.15) is 24.9 Å². The molecule has 1 aromatic carbocycles. The number of aromatic nitrogens is 4. The predicted molar refractivity (Wildman–Crippen MR) is 79.3 cm³/mol. The first kappa shape index (κ1) is 12.9. The van der Waals surface area contributed by atoms with E-state index < -0.39 is 0 Å². The Morgan fingerprint density at radius 1 is 1.30 bits per heavy atom. The van der Waals surface area contributed by atoms with Gasteiger partial charge in [-0.25, -0.2) is 4.98 Å². The lowest BCUT2D eigenvalue weighted by Crippen LogP contribution is -2.32. The molecule has 0 spiro atoms. The van der Waals surface area contributed by atoms with Crippen LogP contribution in [0, 0.1) is 0 Å². The first-order valence-corrected chi connectivity index (χ1v) is 6.86. The molecule has 2 atom stereocenters. The quantitative estimate of drug-likeness (QED) is 0.789. The zero-order valence-electron chi connectivity index (χ0n) is 11.8.